The van der Waals surface area contributed by atoms with E-state index in [4.69, 9.17) is 4.74 Å². The SMILES string of the molecule is COc1ccccc1CC(=O)Nc1c(C)cc(C)nc1C. The molecule has 2 rings (SSSR count). The van der Waals surface area contributed by atoms with Gasteiger partial charge >= 0.3 is 0 Å². The summed E-state index contributed by atoms with van der Waals surface area (Å²) < 4.78 is 5.27. The summed E-state index contributed by atoms with van der Waals surface area (Å²) >= 11 is 0. The lowest BCUT2D eigenvalue weighted by atomic mass is 10.1. The molecule has 0 atom stereocenters. The number of amides is 1. The Morgan fingerprint density at radius 2 is 1.95 bits per heavy atom. The third kappa shape index (κ3) is 3.60. The Morgan fingerprint density at radius 3 is 2.62 bits per heavy atom. The number of aromatic nitrogens is 1. The number of pyridine rings is 1. The van der Waals surface area contributed by atoms with E-state index in [0.717, 1.165) is 34.0 Å². The van der Waals surface area contributed by atoms with Gasteiger partial charge in [-0.25, -0.2) is 0 Å². The average molecular weight is 284 g/mol. The number of nitrogens with one attached hydrogen (secondary N) is 1. The van der Waals surface area contributed by atoms with Gasteiger partial charge in [0.1, 0.15) is 5.75 Å². The average Bonchev–Trinajstić information content (AvgIpc) is 2.43. The fraction of sp³-hybridized carbons (Fsp3) is 0.294. The largest absolute Gasteiger partial charge is 0.496 e. The Balaban J connectivity index is 2.16. The summed E-state index contributed by atoms with van der Waals surface area (Å²) in [7, 11) is 1.61. The van der Waals surface area contributed by atoms with E-state index in [2.05, 4.69) is 10.3 Å². The minimum absolute atomic E-state index is 0.0728. The standard InChI is InChI=1S/C17H20N2O2/c1-11-9-12(2)18-13(3)17(11)19-16(20)10-14-7-5-6-8-15(14)21-4/h5-9H,10H2,1-4H3,(H,19,20). The Bertz CT molecular complexity index is 643. The summed E-state index contributed by atoms with van der Waals surface area (Å²) in [5, 5.41) is 2.95. The summed E-state index contributed by atoms with van der Waals surface area (Å²) in [6.07, 6.45) is 0.275. The number of hydrogen-bond donors (Lipinski definition) is 1. The van der Waals surface area contributed by atoms with Crippen LogP contribution in [0.5, 0.6) is 5.75 Å². The number of aryl methyl sites for hydroxylation is 3. The van der Waals surface area contributed by atoms with E-state index in [-0.39, 0.29) is 12.3 Å². The smallest absolute Gasteiger partial charge is 0.228 e. The molecule has 1 amide bonds. The van der Waals surface area contributed by atoms with Crippen LogP contribution in [-0.4, -0.2) is 18.0 Å². The quantitative estimate of drug-likeness (QED) is 0.938. The normalized spacial score (nSPS) is 10.3. The minimum atomic E-state index is -0.0728. The number of rotatable bonds is 4. The first-order valence-electron chi connectivity index (χ1n) is 6.88. The number of ether oxygens (including phenoxy) is 1. The van der Waals surface area contributed by atoms with Gasteiger partial charge in [0.05, 0.1) is 24.9 Å². The van der Waals surface area contributed by atoms with Crippen LogP contribution in [0.3, 0.4) is 0 Å². The summed E-state index contributed by atoms with van der Waals surface area (Å²) in [5.74, 6) is 0.652. The highest BCUT2D eigenvalue weighted by atomic mass is 16.5. The van der Waals surface area contributed by atoms with Crippen LogP contribution in [0.15, 0.2) is 30.3 Å². The maximum absolute atomic E-state index is 12.2. The number of anilines is 1. The van der Waals surface area contributed by atoms with Crippen molar-refractivity contribution in [3.05, 3.63) is 52.8 Å². The second kappa shape index (κ2) is 6.39. The molecule has 4 heteroatoms. The highest BCUT2D eigenvalue weighted by Crippen LogP contribution is 2.21. The predicted molar refractivity (Wildman–Crippen MR) is 83.8 cm³/mol. The zero-order chi connectivity index (χ0) is 15.4. The molecular weight excluding hydrogens is 264 g/mol. The molecule has 21 heavy (non-hydrogen) atoms. The number of carbonyl (C=O) groups is 1. The van der Waals surface area contributed by atoms with Crippen molar-refractivity contribution in [1.82, 2.24) is 4.98 Å². The Labute approximate surface area is 125 Å². The van der Waals surface area contributed by atoms with E-state index < -0.39 is 0 Å². The van der Waals surface area contributed by atoms with E-state index in [1.165, 1.54) is 0 Å². The third-order valence-electron chi connectivity index (χ3n) is 3.33. The molecule has 1 aromatic heterocycles. The second-order valence-electron chi connectivity index (χ2n) is 5.08. The van der Waals surface area contributed by atoms with Gasteiger partial charge in [-0.3, -0.25) is 9.78 Å². The van der Waals surface area contributed by atoms with Crippen molar-refractivity contribution in [3.8, 4) is 5.75 Å². The van der Waals surface area contributed by atoms with E-state index in [9.17, 15) is 4.79 Å². The molecule has 0 saturated carbocycles. The first kappa shape index (κ1) is 15.0. The van der Waals surface area contributed by atoms with Crippen LogP contribution >= 0.6 is 0 Å². The van der Waals surface area contributed by atoms with Gasteiger partial charge in [0.2, 0.25) is 5.91 Å². The summed E-state index contributed by atoms with van der Waals surface area (Å²) in [5.41, 5.74) is 4.47. The molecule has 1 N–H and O–H groups in total. The predicted octanol–water partition coefficient (Wildman–Crippen LogP) is 3.20. The summed E-state index contributed by atoms with van der Waals surface area (Å²) in [6, 6.07) is 9.50. The van der Waals surface area contributed by atoms with E-state index >= 15 is 0 Å². The zero-order valence-electron chi connectivity index (χ0n) is 12.9. The van der Waals surface area contributed by atoms with Crippen molar-refractivity contribution in [1.29, 1.82) is 0 Å². The van der Waals surface area contributed by atoms with Crippen molar-refractivity contribution in [2.45, 2.75) is 27.2 Å². The number of benzene rings is 1. The van der Waals surface area contributed by atoms with Crippen molar-refractivity contribution in [3.63, 3.8) is 0 Å². The summed E-state index contributed by atoms with van der Waals surface area (Å²) in [6.45, 7) is 5.82. The van der Waals surface area contributed by atoms with E-state index in [1.807, 2.05) is 51.1 Å². The number of nitrogens with zero attached hydrogens (tertiary/aromatic N) is 1. The lowest BCUT2D eigenvalue weighted by Gasteiger charge is -2.13. The van der Waals surface area contributed by atoms with Crippen LogP contribution in [0.2, 0.25) is 0 Å². The molecule has 0 aliphatic carbocycles. The molecule has 0 radical (unpaired) electrons. The maximum Gasteiger partial charge on any atom is 0.228 e. The Kier molecular flexibility index (Phi) is 4.58. The highest BCUT2D eigenvalue weighted by Gasteiger charge is 2.12. The van der Waals surface area contributed by atoms with Gasteiger partial charge in [-0.2, -0.15) is 0 Å². The molecule has 1 heterocycles. The van der Waals surface area contributed by atoms with Crippen LogP contribution in [-0.2, 0) is 11.2 Å². The molecule has 4 nitrogen and oxygen atoms in total. The number of hydrogen-bond acceptors (Lipinski definition) is 3. The van der Waals surface area contributed by atoms with Gasteiger partial charge in [-0.05, 0) is 38.5 Å². The van der Waals surface area contributed by atoms with Gasteiger partial charge in [0.15, 0.2) is 0 Å². The molecule has 0 saturated heterocycles. The molecule has 0 aliphatic rings. The van der Waals surface area contributed by atoms with Crippen molar-refractivity contribution in [2.75, 3.05) is 12.4 Å². The topological polar surface area (TPSA) is 51.2 Å². The lowest BCUT2D eigenvalue weighted by molar-refractivity contribution is -0.115. The maximum atomic E-state index is 12.2. The molecule has 0 spiro atoms. The second-order valence-corrected chi connectivity index (χ2v) is 5.08. The fourth-order valence-corrected chi connectivity index (χ4v) is 2.42. The van der Waals surface area contributed by atoms with Gasteiger partial charge in [-0.15, -0.1) is 0 Å². The van der Waals surface area contributed by atoms with Crippen LogP contribution in [0.1, 0.15) is 22.5 Å². The van der Waals surface area contributed by atoms with Crippen LogP contribution < -0.4 is 10.1 Å². The minimum Gasteiger partial charge on any atom is -0.496 e. The Hall–Kier alpha value is -2.36. The highest BCUT2D eigenvalue weighted by molar-refractivity contribution is 5.93. The molecular formula is C17H20N2O2. The molecule has 1 aromatic carbocycles. The molecule has 0 fully saturated rings. The van der Waals surface area contributed by atoms with Crippen molar-refractivity contribution >= 4 is 11.6 Å². The molecule has 2 aromatic rings. The lowest BCUT2D eigenvalue weighted by Crippen LogP contribution is -2.17. The zero-order valence-corrected chi connectivity index (χ0v) is 12.9. The van der Waals surface area contributed by atoms with Gasteiger partial charge in [-0.1, -0.05) is 18.2 Å². The molecule has 110 valence electrons. The van der Waals surface area contributed by atoms with Crippen LogP contribution in [0, 0.1) is 20.8 Å². The van der Waals surface area contributed by atoms with Crippen molar-refractivity contribution in [2.24, 2.45) is 0 Å². The van der Waals surface area contributed by atoms with Crippen LogP contribution in [0.25, 0.3) is 0 Å². The monoisotopic (exact) mass is 284 g/mol. The van der Waals surface area contributed by atoms with Gasteiger partial charge < -0.3 is 10.1 Å². The first-order valence-corrected chi connectivity index (χ1v) is 6.88. The first-order chi connectivity index (χ1) is 10.0. The van der Waals surface area contributed by atoms with E-state index in [1.54, 1.807) is 7.11 Å². The molecule has 0 aliphatic heterocycles. The van der Waals surface area contributed by atoms with Crippen molar-refractivity contribution < 1.29 is 9.53 Å². The molecule has 0 unspecified atom stereocenters. The van der Waals surface area contributed by atoms with E-state index in [0.29, 0.717) is 0 Å². The van der Waals surface area contributed by atoms with Crippen LogP contribution in [0.4, 0.5) is 5.69 Å². The Morgan fingerprint density at radius 1 is 1.24 bits per heavy atom. The number of methoxy groups -OCH3 is 1. The summed E-state index contributed by atoms with van der Waals surface area (Å²) in [4.78, 5) is 16.6. The number of para-hydroxylation sites is 1. The van der Waals surface area contributed by atoms with Gasteiger partial charge in [0, 0.05) is 11.3 Å². The molecule has 0 bridgehead atoms. The van der Waals surface area contributed by atoms with Gasteiger partial charge in [0.25, 0.3) is 0 Å². The third-order valence-corrected chi connectivity index (χ3v) is 3.33. The fourth-order valence-electron chi connectivity index (χ4n) is 2.42. The number of carbonyl (C=O) groups excluding carboxylic acids is 1.